The van der Waals surface area contributed by atoms with Gasteiger partial charge in [0.25, 0.3) is 5.91 Å². The molecule has 7 nitrogen and oxygen atoms in total. The van der Waals surface area contributed by atoms with Gasteiger partial charge >= 0.3 is 0 Å². The Bertz CT molecular complexity index is 1010. The molecule has 0 radical (unpaired) electrons. The summed E-state index contributed by atoms with van der Waals surface area (Å²) in [7, 11) is 0. The van der Waals surface area contributed by atoms with E-state index in [0.29, 0.717) is 40.3 Å². The third-order valence-electron chi connectivity index (χ3n) is 5.42. The third-order valence-corrected chi connectivity index (χ3v) is 5.88. The van der Waals surface area contributed by atoms with E-state index in [2.05, 4.69) is 27.4 Å². The number of nitrogens with zero attached hydrogens (tertiary/aromatic N) is 5. The summed E-state index contributed by atoms with van der Waals surface area (Å²) in [6, 6.07) is 8.84. The van der Waals surface area contributed by atoms with Crippen LogP contribution in [0, 0.1) is 5.92 Å². The lowest BCUT2D eigenvalue weighted by molar-refractivity contribution is 0.0539. The smallest absolute Gasteiger partial charge is 0.256 e. The molecule has 1 fully saturated rings. The summed E-state index contributed by atoms with van der Waals surface area (Å²) in [5, 5.41) is 12.8. The first kappa shape index (κ1) is 20.6. The average molecular weight is 445 g/mol. The van der Waals surface area contributed by atoms with E-state index in [-0.39, 0.29) is 11.9 Å². The molecular formula is C21H22Cl2N6O. The van der Waals surface area contributed by atoms with Crippen LogP contribution in [0.2, 0.25) is 10.0 Å². The molecule has 0 bridgehead atoms. The van der Waals surface area contributed by atoms with Gasteiger partial charge in [-0.1, -0.05) is 30.1 Å². The molecule has 0 aliphatic carbocycles. The van der Waals surface area contributed by atoms with E-state index in [4.69, 9.17) is 23.2 Å². The Labute approximate surface area is 185 Å². The molecule has 1 amide bonds. The molecule has 1 aliphatic rings. The number of rotatable bonds is 5. The molecule has 1 aliphatic heterocycles. The molecule has 1 aromatic carbocycles. The second-order valence-corrected chi connectivity index (χ2v) is 8.28. The summed E-state index contributed by atoms with van der Waals surface area (Å²) >= 11 is 12.1. The highest BCUT2D eigenvalue weighted by atomic mass is 35.5. The number of piperidine rings is 1. The zero-order valence-electron chi connectivity index (χ0n) is 16.5. The molecule has 1 N–H and O–H groups in total. The number of halogens is 2. The fourth-order valence-electron chi connectivity index (χ4n) is 3.85. The molecule has 0 spiro atoms. The van der Waals surface area contributed by atoms with E-state index >= 15 is 0 Å². The van der Waals surface area contributed by atoms with Crippen molar-refractivity contribution in [2.75, 3.05) is 18.4 Å². The van der Waals surface area contributed by atoms with E-state index in [1.54, 1.807) is 42.9 Å². The Hall–Kier alpha value is -2.64. The standard InChI is InChI=1S/C21H22Cl2N6O/c1-14-3-2-10-28(19(14)13-25-20-7-5-16(23)12-24-20)21(30)17-6-4-15(22)11-18(17)29-26-8-9-27-29/h4-9,11-12,14,19H,2-3,10,13H2,1H3,(H,24,25). The van der Waals surface area contributed by atoms with Crippen molar-refractivity contribution in [2.24, 2.45) is 5.92 Å². The van der Waals surface area contributed by atoms with Gasteiger partial charge in [0.05, 0.1) is 34.7 Å². The van der Waals surface area contributed by atoms with Crippen molar-refractivity contribution in [1.29, 1.82) is 0 Å². The number of hydrogen-bond donors (Lipinski definition) is 1. The van der Waals surface area contributed by atoms with Gasteiger partial charge in [-0.2, -0.15) is 15.0 Å². The number of likely N-dealkylation sites (tertiary alicyclic amines) is 1. The number of nitrogens with one attached hydrogen (secondary N) is 1. The summed E-state index contributed by atoms with van der Waals surface area (Å²) in [5.41, 5.74) is 1.10. The number of carbonyl (C=O) groups is 1. The highest BCUT2D eigenvalue weighted by Gasteiger charge is 2.33. The quantitative estimate of drug-likeness (QED) is 0.633. The lowest BCUT2D eigenvalue weighted by Gasteiger charge is -2.40. The Morgan fingerprint density at radius 3 is 2.67 bits per heavy atom. The normalized spacial score (nSPS) is 19.0. The largest absolute Gasteiger partial charge is 0.368 e. The number of aromatic nitrogens is 4. The molecule has 156 valence electrons. The van der Waals surface area contributed by atoms with Crippen LogP contribution in [0.25, 0.3) is 5.69 Å². The number of amides is 1. The van der Waals surface area contributed by atoms with Gasteiger partial charge in [-0.25, -0.2) is 4.98 Å². The maximum absolute atomic E-state index is 13.6. The number of benzene rings is 1. The van der Waals surface area contributed by atoms with Gasteiger partial charge < -0.3 is 10.2 Å². The number of anilines is 1. The van der Waals surface area contributed by atoms with Crippen molar-refractivity contribution < 1.29 is 4.79 Å². The van der Waals surface area contributed by atoms with Gasteiger partial charge in [0, 0.05) is 24.3 Å². The van der Waals surface area contributed by atoms with Crippen molar-refractivity contribution >= 4 is 34.9 Å². The highest BCUT2D eigenvalue weighted by molar-refractivity contribution is 6.31. The molecule has 1 saturated heterocycles. The average Bonchev–Trinajstić information content (AvgIpc) is 3.28. The van der Waals surface area contributed by atoms with Crippen LogP contribution in [0.5, 0.6) is 0 Å². The molecule has 4 rings (SSSR count). The van der Waals surface area contributed by atoms with Crippen LogP contribution in [0.1, 0.15) is 30.1 Å². The number of pyridine rings is 1. The SMILES string of the molecule is CC1CCCN(C(=O)c2ccc(Cl)cc2-n2nccn2)C1CNc1ccc(Cl)cn1. The molecule has 30 heavy (non-hydrogen) atoms. The van der Waals surface area contributed by atoms with Crippen LogP contribution in [0.15, 0.2) is 48.9 Å². The zero-order chi connectivity index (χ0) is 21.1. The molecular weight excluding hydrogens is 423 g/mol. The van der Waals surface area contributed by atoms with E-state index in [1.165, 1.54) is 4.80 Å². The minimum atomic E-state index is -0.0543. The lowest BCUT2D eigenvalue weighted by Crippen LogP contribution is -2.51. The van der Waals surface area contributed by atoms with Gasteiger partial charge in [-0.15, -0.1) is 0 Å². The molecule has 2 aromatic heterocycles. The first-order chi connectivity index (χ1) is 14.5. The number of hydrogen-bond acceptors (Lipinski definition) is 5. The Balaban J connectivity index is 1.59. The molecule has 3 aromatic rings. The van der Waals surface area contributed by atoms with E-state index in [9.17, 15) is 4.79 Å². The predicted molar refractivity (Wildman–Crippen MR) is 117 cm³/mol. The van der Waals surface area contributed by atoms with E-state index < -0.39 is 0 Å². The molecule has 9 heteroatoms. The number of carbonyl (C=O) groups excluding carboxylic acids is 1. The summed E-state index contributed by atoms with van der Waals surface area (Å²) in [4.78, 5) is 21.3. The molecule has 3 heterocycles. The molecule has 2 atom stereocenters. The second kappa shape index (κ2) is 9.02. The van der Waals surface area contributed by atoms with Crippen LogP contribution in [0.3, 0.4) is 0 Å². The second-order valence-electron chi connectivity index (χ2n) is 7.41. The maximum Gasteiger partial charge on any atom is 0.256 e. The fourth-order valence-corrected chi connectivity index (χ4v) is 4.13. The van der Waals surface area contributed by atoms with E-state index in [0.717, 1.165) is 18.7 Å². The van der Waals surface area contributed by atoms with Crippen LogP contribution in [-0.4, -0.2) is 49.9 Å². The minimum absolute atomic E-state index is 0.0258. The topological polar surface area (TPSA) is 75.9 Å². The van der Waals surface area contributed by atoms with Gasteiger partial charge in [0.1, 0.15) is 5.82 Å². The monoisotopic (exact) mass is 444 g/mol. The molecule has 2 unspecified atom stereocenters. The maximum atomic E-state index is 13.6. The summed E-state index contributed by atoms with van der Waals surface area (Å²) in [5.74, 6) is 1.03. The van der Waals surface area contributed by atoms with Gasteiger partial charge in [0.15, 0.2) is 0 Å². The minimum Gasteiger partial charge on any atom is -0.368 e. The third kappa shape index (κ3) is 4.42. The van der Waals surface area contributed by atoms with Crippen molar-refractivity contribution in [3.05, 3.63) is 64.5 Å². The van der Waals surface area contributed by atoms with Gasteiger partial charge in [-0.3, -0.25) is 4.79 Å². The molecule has 0 saturated carbocycles. The lowest BCUT2D eigenvalue weighted by atomic mass is 9.90. The summed E-state index contributed by atoms with van der Waals surface area (Å²) in [6.07, 6.45) is 6.78. The van der Waals surface area contributed by atoms with Crippen molar-refractivity contribution in [3.8, 4) is 5.69 Å². The van der Waals surface area contributed by atoms with Gasteiger partial charge in [0.2, 0.25) is 0 Å². The van der Waals surface area contributed by atoms with Crippen LogP contribution in [-0.2, 0) is 0 Å². The summed E-state index contributed by atoms with van der Waals surface area (Å²) in [6.45, 7) is 3.47. The summed E-state index contributed by atoms with van der Waals surface area (Å²) < 4.78 is 0. The van der Waals surface area contributed by atoms with Crippen LogP contribution >= 0.6 is 23.2 Å². The first-order valence-electron chi connectivity index (χ1n) is 9.85. The van der Waals surface area contributed by atoms with Gasteiger partial charge in [-0.05, 0) is 49.1 Å². The predicted octanol–water partition coefficient (Wildman–Crippen LogP) is 4.32. The Kier molecular flexibility index (Phi) is 6.20. The Morgan fingerprint density at radius 1 is 1.17 bits per heavy atom. The van der Waals surface area contributed by atoms with E-state index in [1.807, 2.05) is 11.0 Å². The Morgan fingerprint density at radius 2 is 1.93 bits per heavy atom. The highest BCUT2D eigenvalue weighted by Crippen LogP contribution is 2.28. The van der Waals surface area contributed by atoms with Crippen molar-refractivity contribution in [1.82, 2.24) is 24.9 Å². The zero-order valence-corrected chi connectivity index (χ0v) is 18.0. The van der Waals surface area contributed by atoms with Crippen LogP contribution < -0.4 is 5.32 Å². The van der Waals surface area contributed by atoms with Crippen molar-refractivity contribution in [2.45, 2.75) is 25.8 Å². The van der Waals surface area contributed by atoms with Crippen molar-refractivity contribution in [3.63, 3.8) is 0 Å². The van der Waals surface area contributed by atoms with Crippen LogP contribution in [0.4, 0.5) is 5.82 Å². The fraction of sp³-hybridized carbons (Fsp3) is 0.333. The first-order valence-corrected chi connectivity index (χ1v) is 10.6.